The molecule has 0 bridgehead atoms. The number of carbonyl (C=O) groups is 1. The number of nitrogens with zero attached hydrogens (tertiary/aromatic N) is 1. The topological polar surface area (TPSA) is 40.5 Å². The molecule has 0 aliphatic carbocycles. The molecule has 18 heavy (non-hydrogen) atoms. The van der Waals surface area contributed by atoms with Crippen LogP contribution in [0.2, 0.25) is 0 Å². The molecule has 98 valence electrons. The largest absolute Gasteiger partial charge is 0.481 e. The van der Waals surface area contributed by atoms with Crippen molar-refractivity contribution >= 4 is 21.9 Å². The summed E-state index contributed by atoms with van der Waals surface area (Å²) in [5.41, 5.74) is 0.613. The molecule has 1 heterocycles. The Balaban J connectivity index is 2.08. The van der Waals surface area contributed by atoms with Crippen molar-refractivity contribution in [3.8, 4) is 0 Å². The van der Waals surface area contributed by atoms with Crippen molar-refractivity contribution in [2.75, 3.05) is 6.54 Å². The van der Waals surface area contributed by atoms with Crippen LogP contribution in [-0.2, 0) is 11.3 Å². The van der Waals surface area contributed by atoms with Crippen LogP contribution in [0.4, 0.5) is 4.39 Å². The molecule has 0 radical (unpaired) electrons. The number of benzene rings is 1. The fraction of sp³-hybridized carbons (Fsp3) is 0.462. The second-order valence-electron chi connectivity index (χ2n) is 4.60. The monoisotopic (exact) mass is 315 g/mol. The van der Waals surface area contributed by atoms with Crippen molar-refractivity contribution in [2.45, 2.75) is 31.8 Å². The van der Waals surface area contributed by atoms with Gasteiger partial charge in [0.15, 0.2) is 0 Å². The zero-order valence-corrected chi connectivity index (χ0v) is 11.5. The van der Waals surface area contributed by atoms with Gasteiger partial charge in [-0.25, -0.2) is 4.39 Å². The number of aliphatic carboxylic acids is 1. The Morgan fingerprint density at radius 1 is 1.56 bits per heavy atom. The zero-order valence-electron chi connectivity index (χ0n) is 9.90. The van der Waals surface area contributed by atoms with E-state index in [1.54, 1.807) is 12.1 Å². The minimum atomic E-state index is -0.790. The Morgan fingerprint density at radius 2 is 2.33 bits per heavy atom. The van der Waals surface area contributed by atoms with Crippen LogP contribution in [0.15, 0.2) is 22.7 Å². The Kier molecular flexibility index (Phi) is 4.35. The summed E-state index contributed by atoms with van der Waals surface area (Å²) in [5, 5.41) is 8.85. The van der Waals surface area contributed by atoms with Crippen LogP contribution >= 0.6 is 15.9 Å². The first-order valence-corrected chi connectivity index (χ1v) is 6.75. The van der Waals surface area contributed by atoms with E-state index in [0.29, 0.717) is 12.1 Å². The number of hydrogen-bond donors (Lipinski definition) is 1. The highest BCUT2D eigenvalue weighted by Gasteiger charge is 2.27. The van der Waals surface area contributed by atoms with Crippen LogP contribution in [0.3, 0.4) is 0 Å². The summed E-state index contributed by atoms with van der Waals surface area (Å²) >= 11 is 3.32. The minimum absolute atomic E-state index is 0.0286. The maximum atomic E-state index is 13.6. The standard InChI is InChI=1S/C13H15BrFNO2/c14-10-3-4-12(15)9(6-10)8-16-5-1-2-11(16)7-13(17)18/h3-4,6,11H,1-2,5,7-8H2,(H,17,18). The van der Waals surface area contributed by atoms with E-state index < -0.39 is 5.97 Å². The molecule has 1 fully saturated rings. The first-order chi connectivity index (χ1) is 8.56. The predicted molar refractivity (Wildman–Crippen MR) is 69.8 cm³/mol. The fourth-order valence-corrected chi connectivity index (χ4v) is 2.83. The second kappa shape index (κ2) is 5.80. The number of hydrogen-bond acceptors (Lipinski definition) is 2. The van der Waals surface area contributed by atoms with Crippen molar-refractivity contribution in [1.82, 2.24) is 4.90 Å². The van der Waals surface area contributed by atoms with Gasteiger partial charge in [0.05, 0.1) is 6.42 Å². The SMILES string of the molecule is O=C(O)CC1CCCN1Cc1cc(Br)ccc1F. The molecule has 0 amide bonds. The molecule has 1 saturated heterocycles. The first kappa shape index (κ1) is 13.5. The van der Waals surface area contributed by atoms with Crippen LogP contribution in [0, 0.1) is 5.82 Å². The summed E-state index contributed by atoms with van der Waals surface area (Å²) < 4.78 is 14.5. The van der Waals surface area contributed by atoms with E-state index in [1.165, 1.54) is 6.07 Å². The van der Waals surface area contributed by atoms with Crippen LogP contribution in [0.1, 0.15) is 24.8 Å². The number of likely N-dealkylation sites (tertiary alicyclic amines) is 1. The van der Waals surface area contributed by atoms with Gasteiger partial charge >= 0.3 is 5.97 Å². The first-order valence-electron chi connectivity index (χ1n) is 5.96. The molecule has 1 aliphatic rings. The lowest BCUT2D eigenvalue weighted by Crippen LogP contribution is -2.31. The van der Waals surface area contributed by atoms with E-state index in [9.17, 15) is 9.18 Å². The van der Waals surface area contributed by atoms with Crippen LogP contribution in [0.5, 0.6) is 0 Å². The van der Waals surface area contributed by atoms with Gasteiger partial charge in [-0.3, -0.25) is 9.69 Å². The molecule has 5 heteroatoms. The predicted octanol–water partition coefficient (Wildman–Crippen LogP) is 3.03. The lowest BCUT2D eigenvalue weighted by molar-refractivity contribution is -0.138. The fourth-order valence-electron chi connectivity index (χ4n) is 2.42. The molecule has 1 N–H and O–H groups in total. The summed E-state index contributed by atoms with van der Waals surface area (Å²) in [4.78, 5) is 12.8. The smallest absolute Gasteiger partial charge is 0.304 e. The van der Waals surface area contributed by atoms with Gasteiger partial charge < -0.3 is 5.11 Å². The molecular weight excluding hydrogens is 301 g/mol. The maximum Gasteiger partial charge on any atom is 0.304 e. The Morgan fingerprint density at radius 3 is 3.06 bits per heavy atom. The molecule has 1 unspecified atom stereocenters. The number of halogens is 2. The Labute approximate surface area is 114 Å². The molecular formula is C13H15BrFNO2. The summed E-state index contributed by atoms with van der Waals surface area (Å²) in [6, 6.07) is 4.88. The molecule has 0 saturated carbocycles. The average Bonchev–Trinajstić information content (AvgIpc) is 2.70. The third kappa shape index (κ3) is 3.29. The average molecular weight is 316 g/mol. The zero-order chi connectivity index (χ0) is 13.1. The van der Waals surface area contributed by atoms with Crippen LogP contribution in [-0.4, -0.2) is 28.6 Å². The molecule has 1 atom stereocenters. The van der Waals surface area contributed by atoms with Gasteiger partial charge in [0, 0.05) is 22.6 Å². The highest BCUT2D eigenvalue weighted by Crippen LogP contribution is 2.24. The van der Waals surface area contributed by atoms with Crippen LogP contribution < -0.4 is 0 Å². The molecule has 3 nitrogen and oxygen atoms in total. The number of carboxylic acids is 1. The maximum absolute atomic E-state index is 13.6. The van der Waals surface area contributed by atoms with Crippen LogP contribution in [0.25, 0.3) is 0 Å². The number of carboxylic acid groups (broad SMARTS) is 1. The van der Waals surface area contributed by atoms with Crippen molar-refractivity contribution in [3.63, 3.8) is 0 Å². The van der Waals surface area contributed by atoms with Gasteiger partial charge in [0.25, 0.3) is 0 Å². The Hall–Kier alpha value is -0.940. The van der Waals surface area contributed by atoms with Gasteiger partial charge in [-0.2, -0.15) is 0 Å². The lowest BCUT2D eigenvalue weighted by Gasteiger charge is -2.23. The third-order valence-corrected chi connectivity index (χ3v) is 3.78. The van der Waals surface area contributed by atoms with E-state index >= 15 is 0 Å². The normalized spacial score (nSPS) is 20.2. The lowest BCUT2D eigenvalue weighted by atomic mass is 10.1. The highest BCUT2D eigenvalue weighted by atomic mass is 79.9. The third-order valence-electron chi connectivity index (χ3n) is 3.29. The van der Waals surface area contributed by atoms with Gasteiger partial charge in [-0.15, -0.1) is 0 Å². The van der Waals surface area contributed by atoms with Crippen molar-refractivity contribution in [2.24, 2.45) is 0 Å². The van der Waals surface area contributed by atoms with Crippen molar-refractivity contribution in [1.29, 1.82) is 0 Å². The van der Waals surface area contributed by atoms with E-state index in [1.807, 2.05) is 0 Å². The Bertz CT molecular complexity index is 453. The molecule has 0 spiro atoms. The van der Waals surface area contributed by atoms with Crippen molar-refractivity contribution in [3.05, 3.63) is 34.1 Å². The number of rotatable bonds is 4. The molecule has 1 aromatic carbocycles. The van der Waals surface area contributed by atoms with Gasteiger partial charge in [-0.1, -0.05) is 15.9 Å². The summed E-state index contributed by atoms with van der Waals surface area (Å²) in [5.74, 6) is -1.03. The summed E-state index contributed by atoms with van der Waals surface area (Å²) in [6.07, 6.45) is 1.99. The van der Waals surface area contributed by atoms with Gasteiger partial charge in [0.1, 0.15) is 5.82 Å². The molecule has 0 aromatic heterocycles. The molecule has 1 aromatic rings. The second-order valence-corrected chi connectivity index (χ2v) is 5.52. The van der Waals surface area contributed by atoms with E-state index in [0.717, 1.165) is 23.9 Å². The van der Waals surface area contributed by atoms with E-state index in [4.69, 9.17) is 5.11 Å². The van der Waals surface area contributed by atoms with E-state index in [-0.39, 0.29) is 18.3 Å². The highest BCUT2D eigenvalue weighted by molar-refractivity contribution is 9.10. The van der Waals surface area contributed by atoms with Gasteiger partial charge in [0.2, 0.25) is 0 Å². The molecule has 2 rings (SSSR count). The van der Waals surface area contributed by atoms with Crippen molar-refractivity contribution < 1.29 is 14.3 Å². The molecule has 1 aliphatic heterocycles. The minimum Gasteiger partial charge on any atom is -0.481 e. The van der Waals surface area contributed by atoms with Gasteiger partial charge in [-0.05, 0) is 37.6 Å². The summed E-state index contributed by atoms with van der Waals surface area (Å²) in [7, 11) is 0. The summed E-state index contributed by atoms with van der Waals surface area (Å²) in [6.45, 7) is 1.31. The quantitative estimate of drug-likeness (QED) is 0.928. The van der Waals surface area contributed by atoms with E-state index in [2.05, 4.69) is 20.8 Å².